The maximum atomic E-state index is 11.9. The van der Waals surface area contributed by atoms with Crippen molar-refractivity contribution in [2.45, 2.75) is 6.42 Å². The molecule has 5 nitrogen and oxygen atoms in total. The molecule has 0 saturated carbocycles. The van der Waals surface area contributed by atoms with Crippen LogP contribution in [0.15, 0.2) is 24.3 Å². The Balaban J connectivity index is 2.36. The van der Waals surface area contributed by atoms with Crippen LogP contribution in [0.3, 0.4) is 0 Å². The van der Waals surface area contributed by atoms with Gasteiger partial charge >= 0.3 is 0 Å². The van der Waals surface area contributed by atoms with E-state index in [-0.39, 0.29) is 25.5 Å². The average molecular weight is 302 g/mol. The Kier molecular flexibility index (Phi) is 8.02. The number of carbonyl (C=O) groups is 1. The van der Waals surface area contributed by atoms with E-state index >= 15 is 0 Å². The van der Waals surface area contributed by atoms with E-state index in [0.717, 1.165) is 0 Å². The van der Waals surface area contributed by atoms with Gasteiger partial charge in [-0.1, -0.05) is 17.7 Å². The number of aliphatic hydroxyl groups excluding tert-OH is 1. The third-order valence-electron chi connectivity index (χ3n) is 2.67. The lowest BCUT2D eigenvalue weighted by Crippen LogP contribution is -2.36. The lowest BCUT2D eigenvalue weighted by atomic mass is 10.3. The molecular weight excluding hydrogens is 282 g/mol. The first-order chi connectivity index (χ1) is 9.67. The van der Waals surface area contributed by atoms with Crippen LogP contribution in [0.5, 0.6) is 5.75 Å². The monoisotopic (exact) mass is 301 g/mol. The van der Waals surface area contributed by atoms with E-state index in [9.17, 15) is 4.79 Å². The molecule has 0 unspecified atom stereocenters. The van der Waals surface area contributed by atoms with Crippen LogP contribution in [0.25, 0.3) is 0 Å². The number of methoxy groups -OCH3 is 1. The van der Waals surface area contributed by atoms with E-state index in [1.165, 1.54) is 0 Å². The second kappa shape index (κ2) is 9.58. The van der Waals surface area contributed by atoms with Crippen LogP contribution in [0.1, 0.15) is 6.42 Å². The van der Waals surface area contributed by atoms with Gasteiger partial charge < -0.3 is 19.5 Å². The van der Waals surface area contributed by atoms with Crippen molar-refractivity contribution in [1.29, 1.82) is 0 Å². The number of amides is 1. The van der Waals surface area contributed by atoms with Gasteiger partial charge in [0.1, 0.15) is 5.75 Å². The number of carbonyl (C=O) groups excluding carboxylic acids is 1. The molecule has 0 fully saturated rings. The topological polar surface area (TPSA) is 59.0 Å². The normalized spacial score (nSPS) is 10.3. The molecule has 0 aliphatic carbocycles. The summed E-state index contributed by atoms with van der Waals surface area (Å²) in [6.45, 7) is 1.42. The van der Waals surface area contributed by atoms with Crippen LogP contribution >= 0.6 is 11.6 Å². The molecule has 112 valence electrons. The lowest BCUT2D eigenvalue weighted by Gasteiger charge is -2.21. The first-order valence-electron chi connectivity index (χ1n) is 6.43. The molecule has 20 heavy (non-hydrogen) atoms. The van der Waals surface area contributed by atoms with Gasteiger partial charge in [0.15, 0.2) is 0 Å². The molecule has 0 radical (unpaired) electrons. The summed E-state index contributed by atoms with van der Waals surface area (Å²) >= 11 is 5.84. The smallest absolute Gasteiger partial charge is 0.226 e. The van der Waals surface area contributed by atoms with Crippen LogP contribution in [-0.2, 0) is 9.53 Å². The summed E-state index contributed by atoms with van der Waals surface area (Å²) in [4.78, 5) is 13.5. The average Bonchev–Trinajstić information content (AvgIpc) is 2.43. The van der Waals surface area contributed by atoms with Crippen LogP contribution < -0.4 is 4.74 Å². The zero-order chi connectivity index (χ0) is 14.8. The van der Waals surface area contributed by atoms with Gasteiger partial charge in [-0.15, -0.1) is 0 Å². The number of ether oxygens (including phenoxy) is 2. The standard InChI is InChI=1S/C14H20ClNO4/c1-19-10-7-16(6-8-17)14(18)5-9-20-13-4-2-3-12(15)11-13/h2-4,11,17H,5-10H2,1H3. The van der Waals surface area contributed by atoms with Gasteiger partial charge in [0.25, 0.3) is 0 Å². The van der Waals surface area contributed by atoms with Crippen molar-refractivity contribution in [2.75, 3.05) is 40.0 Å². The molecule has 1 amide bonds. The van der Waals surface area contributed by atoms with Crippen molar-refractivity contribution < 1.29 is 19.4 Å². The minimum Gasteiger partial charge on any atom is -0.493 e. The fourth-order valence-corrected chi connectivity index (χ4v) is 1.83. The molecule has 1 rings (SSSR count). The molecule has 0 aromatic heterocycles. The Hall–Kier alpha value is -1.30. The van der Waals surface area contributed by atoms with Gasteiger partial charge in [-0.2, -0.15) is 0 Å². The number of rotatable bonds is 9. The third-order valence-corrected chi connectivity index (χ3v) is 2.90. The van der Waals surface area contributed by atoms with Crippen molar-refractivity contribution in [3.8, 4) is 5.75 Å². The first kappa shape index (κ1) is 16.8. The van der Waals surface area contributed by atoms with E-state index < -0.39 is 0 Å². The summed E-state index contributed by atoms with van der Waals surface area (Å²) in [5.74, 6) is 0.564. The number of benzene rings is 1. The Morgan fingerprint density at radius 1 is 1.35 bits per heavy atom. The van der Waals surface area contributed by atoms with E-state index in [1.807, 2.05) is 0 Å². The number of aliphatic hydroxyl groups is 1. The quantitative estimate of drug-likeness (QED) is 0.752. The summed E-state index contributed by atoms with van der Waals surface area (Å²) in [5, 5.41) is 9.53. The summed E-state index contributed by atoms with van der Waals surface area (Å²) in [6, 6.07) is 7.03. The molecule has 0 heterocycles. The predicted molar refractivity (Wildman–Crippen MR) is 77.1 cm³/mol. The number of hydrogen-bond acceptors (Lipinski definition) is 4. The SMILES string of the molecule is COCCN(CCO)C(=O)CCOc1cccc(Cl)c1. The second-order valence-electron chi connectivity index (χ2n) is 4.15. The molecule has 0 saturated heterocycles. The largest absolute Gasteiger partial charge is 0.493 e. The van der Waals surface area contributed by atoms with Gasteiger partial charge in [0, 0.05) is 25.2 Å². The van der Waals surface area contributed by atoms with E-state index in [2.05, 4.69) is 0 Å². The number of nitrogens with zero attached hydrogens (tertiary/aromatic N) is 1. The van der Waals surface area contributed by atoms with E-state index in [0.29, 0.717) is 30.5 Å². The molecule has 0 atom stereocenters. The highest BCUT2D eigenvalue weighted by atomic mass is 35.5. The van der Waals surface area contributed by atoms with Crippen molar-refractivity contribution in [1.82, 2.24) is 4.90 Å². The van der Waals surface area contributed by atoms with Crippen molar-refractivity contribution in [3.63, 3.8) is 0 Å². The maximum Gasteiger partial charge on any atom is 0.226 e. The molecule has 1 aromatic rings. The first-order valence-corrected chi connectivity index (χ1v) is 6.81. The number of hydrogen-bond donors (Lipinski definition) is 1. The fourth-order valence-electron chi connectivity index (χ4n) is 1.65. The highest BCUT2D eigenvalue weighted by Gasteiger charge is 2.12. The van der Waals surface area contributed by atoms with Gasteiger partial charge in [0.2, 0.25) is 5.91 Å². The maximum absolute atomic E-state index is 11.9. The van der Waals surface area contributed by atoms with E-state index in [4.69, 9.17) is 26.2 Å². The van der Waals surface area contributed by atoms with Crippen LogP contribution in [0, 0.1) is 0 Å². The number of halogens is 1. The minimum atomic E-state index is -0.0712. The van der Waals surface area contributed by atoms with Crippen molar-refractivity contribution in [3.05, 3.63) is 29.3 Å². The Morgan fingerprint density at radius 2 is 2.15 bits per heavy atom. The molecular formula is C14H20ClNO4. The van der Waals surface area contributed by atoms with E-state index in [1.54, 1.807) is 36.3 Å². The highest BCUT2D eigenvalue weighted by molar-refractivity contribution is 6.30. The van der Waals surface area contributed by atoms with Gasteiger partial charge in [-0.3, -0.25) is 4.79 Å². The molecule has 6 heteroatoms. The summed E-state index contributed by atoms with van der Waals surface area (Å²) < 4.78 is 10.4. The zero-order valence-electron chi connectivity index (χ0n) is 11.5. The highest BCUT2D eigenvalue weighted by Crippen LogP contribution is 2.17. The van der Waals surface area contributed by atoms with Crippen LogP contribution in [-0.4, -0.2) is 55.9 Å². The molecule has 0 aliphatic rings. The second-order valence-corrected chi connectivity index (χ2v) is 4.59. The zero-order valence-corrected chi connectivity index (χ0v) is 12.3. The van der Waals surface area contributed by atoms with Crippen molar-refractivity contribution in [2.24, 2.45) is 0 Å². The van der Waals surface area contributed by atoms with Crippen molar-refractivity contribution >= 4 is 17.5 Å². The van der Waals surface area contributed by atoms with Gasteiger partial charge in [-0.25, -0.2) is 0 Å². The third kappa shape index (κ3) is 6.23. The molecule has 0 spiro atoms. The molecule has 1 aromatic carbocycles. The van der Waals surface area contributed by atoms with Crippen LogP contribution in [0.4, 0.5) is 0 Å². The Bertz CT molecular complexity index is 414. The summed E-state index contributed by atoms with van der Waals surface area (Å²) in [5.41, 5.74) is 0. The predicted octanol–water partition coefficient (Wildman–Crippen LogP) is 1.58. The molecule has 1 N–H and O–H groups in total. The van der Waals surface area contributed by atoms with Gasteiger partial charge in [0.05, 0.1) is 26.2 Å². The Labute approximate surface area is 124 Å². The molecule has 0 bridgehead atoms. The fraction of sp³-hybridized carbons (Fsp3) is 0.500. The van der Waals surface area contributed by atoms with Gasteiger partial charge in [-0.05, 0) is 18.2 Å². The molecule has 0 aliphatic heterocycles. The lowest BCUT2D eigenvalue weighted by molar-refractivity contribution is -0.132. The summed E-state index contributed by atoms with van der Waals surface area (Å²) in [7, 11) is 1.57. The minimum absolute atomic E-state index is 0.0649. The Morgan fingerprint density at radius 3 is 2.80 bits per heavy atom. The summed E-state index contributed by atoms with van der Waals surface area (Å²) in [6.07, 6.45) is 0.246. The van der Waals surface area contributed by atoms with Crippen LogP contribution in [0.2, 0.25) is 5.02 Å².